The maximum absolute atomic E-state index is 13.6. The lowest BCUT2D eigenvalue weighted by atomic mass is 9.93. The molecule has 468 valence electrons. The zero-order valence-corrected chi connectivity index (χ0v) is 52.6. The molecule has 2 aliphatic rings. The van der Waals surface area contributed by atoms with Gasteiger partial charge in [0.05, 0.1) is 37.7 Å². The number of rotatable bonds is 16. The predicted molar refractivity (Wildman–Crippen MR) is 352 cm³/mol. The van der Waals surface area contributed by atoms with Crippen LogP contribution in [0.3, 0.4) is 0 Å². The summed E-state index contributed by atoms with van der Waals surface area (Å²) in [4.78, 5) is 33.6. The largest absolute Gasteiger partial charge is 0.493 e. The normalized spacial score (nSPS) is 14.2. The molecule has 90 heavy (non-hydrogen) atoms. The lowest BCUT2D eigenvalue weighted by Gasteiger charge is -2.38. The Hall–Kier alpha value is -9.86. The number of amides is 1. The number of nitrogens with two attached hydrogens (primary N) is 1. The van der Waals surface area contributed by atoms with Crippen molar-refractivity contribution in [3.8, 4) is 34.4 Å². The number of fused-ring (bicyclic) bond motifs is 2. The molecule has 2 aliphatic heterocycles. The fourth-order valence-corrected chi connectivity index (χ4v) is 11.7. The van der Waals surface area contributed by atoms with E-state index in [1.165, 1.54) is 23.1 Å². The number of anilines is 1. The molecule has 2 unspecified atom stereocenters. The number of hydrogen-bond acceptors (Lipinski definition) is 15. The Bertz CT molecular complexity index is 3990. The van der Waals surface area contributed by atoms with E-state index in [0.717, 1.165) is 81.0 Å². The van der Waals surface area contributed by atoms with Crippen molar-refractivity contribution in [1.82, 2.24) is 35.5 Å². The summed E-state index contributed by atoms with van der Waals surface area (Å²) >= 11 is 0. The van der Waals surface area contributed by atoms with Crippen molar-refractivity contribution < 1.29 is 41.7 Å². The molecule has 2 atom stereocenters. The number of aryl methyl sites for hydroxylation is 2. The highest BCUT2D eigenvalue weighted by Crippen LogP contribution is 2.41. The van der Waals surface area contributed by atoms with Gasteiger partial charge in [-0.15, -0.1) is 0 Å². The van der Waals surface area contributed by atoms with Gasteiger partial charge in [-0.2, -0.15) is 0 Å². The number of hydrazine groups is 1. The second-order valence-electron chi connectivity index (χ2n) is 22.2. The van der Waals surface area contributed by atoms with Crippen molar-refractivity contribution in [2.45, 2.75) is 78.4 Å². The molecule has 19 nitrogen and oxygen atoms in total. The van der Waals surface area contributed by atoms with Crippen LogP contribution in [0.1, 0.15) is 93.8 Å². The number of sulfone groups is 1. The first-order valence-electron chi connectivity index (χ1n) is 29.1. The maximum Gasteiger partial charge on any atom is 0.410 e. The lowest BCUT2D eigenvalue weighted by Crippen LogP contribution is -2.48. The molecular weight excluding hydrogens is 1160 g/mol. The smallest absolute Gasteiger partial charge is 0.410 e. The van der Waals surface area contributed by atoms with E-state index in [1.807, 2.05) is 104 Å². The van der Waals surface area contributed by atoms with Gasteiger partial charge in [0.25, 0.3) is 0 Å². The summed E-state index contributed by atoms with van der Waals surface area (Å²) in [7, 11) is -1.08. The Labute approximate surface area is 526 Å². The molecule has 7 N–H and O–H groups in total. The van der Waals surface area contributed by atoms with Crippen LogP contribution in [0.25, 0.3) is 17.5 Å². The van der Waals surface area contributed by atoms with Crippen LogP contribution in [-0.2, 0) is 40.6 Å². The van der Waals surface area contributed by atoms with Crippen LogP contribution in [-0.4, -0.2) is 88.6 Å². The van der Waals surface area contributed by atoms with Gasteiger partial charge in [-0.25, -0.2) is 29.0 Å². The summed E-state index contributed by atoms with van der Waals surface area (Å²) in [5, 5.41) is 12.1. The number of hydrogen-bond donors (Lipinski definition) is 4. The van der Waals surface area contributed by atoms with Crippen molar-refractivity contribution >= 4 is 39.1 Å². The monoisotopic (exact) mass is 1230 g/mol. The summed E-state index contributed by atoms with van der Waals surface area (Å²) in [5.74, 6) is 9.83. The summed E-state index contributed by atoms with van der Waals surface area (Å²) in [6.07, 6.45) is 13.4. The van der Waals surface area contributed by atoms with E-state index >= 15 is 0 Å². The number of carbonyl (C=O) groups excluding carboxylic acids is 2. The number of amidine groups is 1. The number of methoxy groups -OCH3 is 2. The Balaban J connectivity index is 0.000000191. The van der Waals surface area contributed by atoms with Crippen molar-refractivity contribution in [3.05, 3.63) is 251 Å². The van der Waals surface area contributed by atoms with Gasteiger partial charge >= 0.3 is 6.09 Å². The standard InChI is InChI=1S/C30H36N4O6S.C29H29N3O2.C11H10N2O.H3N/c1-30(2,3)40-29(35)33-16-15-22-17-27(39-19-21-11-7-5-8-12-21)26(38-4)18-24(22)25(33)20-41(36,37)28(31)34(32)23-13-9-6-10-14-23;1-21-30-16-17-32(21)25-11-8-22(9-12-25)10-13-27-26-19-28(33-2)29(18-24(26)14-15-31-27)34-20-23-6-4-3-5-7-23;1-9-12-6-7-13(9)11-4-2-10(8-14)3-5-11;/h5-14,17-18,25,31H,15-16,19-20,32H2,1-4H3;3-13,16-19,27,31H,14-15,20H2,1-2H3;2-8H,1H3;1H3/b;13-10+;;. The average molecular weight is 1240 g/mol. The van der Waals surface area contributed by atoms with Crippen molar-refractivity contribution in [1.29, 1.82) is 5.41 Å². The number of imidazole rings is 2. The molecule has 0 fully saturated rings. The first-order chi connectivity index (χ1) is 42.9. The Morgan fingerprint density at radius 1 is 0.689 bits per heavy atom. The minimum Gasteiger partial charge on any atom is -0.493 e. The van der Waals surface area contributed by atoms with Gasteiger partial charge in [0.15, 0.2) is 23.0 Å². The zero-order chi connectivity index (χ0) is 63.1. The third-order valence-electron chi connectivity index (χ3n) is 14.9. The molecule has 0 aliphatic carbocycles. The maximum atomic E-state index is 13.6. The first kappa shape index (κ1) is 66.1. The number of aldehydes is 1. The van der Waals surface area contributed by atoms with Crippen molar-refractivity contribution in [2.75, 3.05) is 38.1 Å². The number of aromatic nitrogens is 4. The minimum atomic E-state index is -4.27. The summed E-state index contributed by atoms with van der Waals surface area (Å²) in [6.45, 7) is 11.2. The summed E-state index contributed by atoms with van der Waals surface area (Å²) < 4.78 is 60.3. The van der Waals surface area contributed by atoms with Crippen molar-refractivity contribution in [2.24, 2.45) is 5.84 Å². The number of nitrogens with zero attached hydrogens (tertiary/aromatic N) is 6. The summed E-state index contributed by atoms with van der Waals surface area (Å²) in [6, 6.07) is 51.1. The van der Waals surface area contributed by atoms with Crippen LogP contribution in [0.2, 0.25) is 0 Å². The fourth-order valence-electron chi connectivity index (χ4n) is 10.3. The topological polar surface area (TPSA) is 253 Å². The van der Waals surface area contributed by atoms with Crippen LogP contribution in [0.4, 0.5) is 10.5 Å². The average Bonchev–Trinajstić information content (AvgIpc) is 0.995. The zero-order valence-electron chi connectivity index (χ0n) is 51.8. The molecule has 0 radical (unpaired) electrons. The summed E-state index contributed by atoms with van der Waals surface area (Å²) in [5.41, 5.74) is 9.56. The van der Waals surface area contributed by atoms with Crippen LogP contribution in [0, 0.1) is 19.3 Å². The number of benzene rings is 7. The number of carbonyl (C=O) groups is 2. The fraction of sp³-hybridized carbons (Fsp3) is 0.243. The molecule has 0 saturated carbocycles. The second kappa shape index (κ2) is 30.4. The third kappa shape index (κ3) is 16.8. The van der Waals surface area contributed by atoms with E-state index < -0.39 is 38.5 Å². The number of ether oxygens (including phenoxy) is 5. The predicted octanol–water partition coefficient (Wildman–Crippen LogP) is 12.7. The van der Waals surface area contributed by atoms with E-state index in [9.17, 15) is 18.0 Å². The third-order valence-corrected chi connectivity index (χ3v) is 16.5. The van der Waals surface area contributed by atoms with Gasteiger partial charge in [-0.1, -0.05) is 103 Å². The van der Waals surface area contributed by atoms with E-state index in [4.69, 9.17) is 34.9 Å². The van der Waals surface area contributed by atoms with E-state index in [1.54, 1.807) is 82.6 Å². The molecule has 7 aromatic carbocycles. The molecule has 2 aromatic heterocycles. The molecule has 20 heteroatoms. The minimum absolute atomic E-state index is 0. The molecule has 9 aromatic rings. The highest BCUT2D eigenvalue weighted by Gasteiger charge is 2.39. The van der Waals surface area contributed by atoms with Gasteiger partial charge in [-0.05, 0) is 159 Å². The first-order valence-corrected chi connectivity index (χ1v) is 30.8. The Morgan fingerprint density at radius 2 is 1.18 bits per heavy atom. The van der Waals surface area contributed by atoms with Gasteiger partial charge in [0.1, 0.15) is 36.7 Å². The van der Waals surface area contributed by atoms with Crippen LogP contribution in [0.15, 0.2) is 195 Å². The second-order valence-corrected chi connectivity index (χ2v) is 24.2. The quantitative estimate of drug-likeness (QED) is 0.0231. The number of nitrogens with one attached hydrogen (secondary N) is 2. The van der Waals surface area contributed by atoms with E-state index in [0.29, 0.717) is 47.9 Å². The van der Waals surface area contributed by atoms with Crippen LogP contribution >= 0.6 is 0 Å². The van der Waals surface area contributed by atoms with Crippen LogP contribution in [0.5, 0.6) is 23.0 Å². The molecule has 0 bridgehead atoms. The van der Waals surface area contributed by atoms with Crippen molar-refractivity contribution in [3.63, 3.8) is 0 Å². The molecular formula is C70H78N10O9S. The molecule has 0 saturated heterocycles. The van der Waals surface area contributed by atoms with Gasteiger partial charge in [0.2, 0.25) is 15.0 Å². The Morgan fingerprint density at radius 3 is 1.66 bits per heavy atom. The highest BCUT2D eigenvalue weighted by molar-refractivity contribution is 8.06. The Kier molecular flexibility index (Phi) is 22.3. The van der Waals surface area contributed by atoms with Gasteiger partial charge in [0, 0.05) is 54.8 Å². The highest BCUT2D eigenvalue weighted by atomic mass is 32.2. The molecule has 11 rings (SSSR count). The van der Waals surface area contributed by atoms with Gasteiger partial charge < -0.3 is 44.3 Å². The molecule has 1 amide bonds. The SMILES string of the molecule is COc1cc2c(cc1OCc1ccccc1)CCN(C(=O)OC(C)(C)C)C2CS(=O)(=O)C(=N)N(N)c1ccccc1.COc1cc2c(cc1OCc1ccccc1)CCNC2/C=C/c1ccc(-n2ccnc2C)cc1.Cc1nccn1-c1ccc(C=O)cc1.N. The van der Waals surface area contributed by atoms with Gasteiger partial charge in [-0.3, -0.25) is 20.1 Å². The van der Waals surface area contributed by atoms with E-state index in [2.05, 4.69) is 80.5 Å². The van der Waals surface area contributed by atoms with Crippen LogP contribution < -0.4 is 41.3 Å². The molecule has 0 spiro atoms. The number of para-hydroxylation sites is 1. The lowest BCUT2D eigenvalue weighted by molar-refractivity contribution is 0.0162. The van der Waals surface area contributed by atoms with E-state index in [-0.39, 0.29) is 18.7 Å². The molecule has 4 heterocycles.